The van der Waals surface area contributed by atoms with Crippen molar-refractivity contribution in [3.8, 4) is 16.9 Å². The molecule has 2 heterocycles. The van der Waals surface area contributed by atoms with E-state index in [1.54, 1.807) is 10.9 Å². The van der Waals surface area contributed by atoms with Gasteiger partial charge in [0.05, 0.1) is 41.4 Å². The number of benzene rings is 2. The van der Waals surface area contributed by atoms with Crippen LogP contribution in [0.2, 0.25) is 5.02 Å². The number of hydrogen-bond donors (Lipinski definition) is 0. The summed E-state index contributed by atoms with van der Waals surface area (Å²) in [6, 6.07) is 17.3. The van der Waals surface area contributed by atoms with Crippen LogP contribution in [0.15, 0.2) is 60.8 Å². The monoisotopic (exact) mass is 367 g/mol. The molecule has 0 spiro atoms. The SMILES string of the molecule is O=C(c1cnn(-c2ccccc2Cl)c1-c1ccccc1)N1CCOCC1. The lowest BCUT2D eigenvalue weighted by Crippen LogP contribution is -2.40. The maximum Gasteiger partial charge on any atom is 0.257 e. The second-order valence-electron chi connectivity index (χ2n) is 6.04. The number of halogens is 1. The van der Waals surface area contributed by atoms with Gasteiger partial charge in [-0.25, -0.2) is 4.68 Å². The lowest BCUT2D eigenvalue weighted by molar-refractivity contribution is 0.0303. The maximum absolute atomic E-state index is 13.1. The molecule has 0 bridgehead atoms. The normalized spacial score (nSPS) is 14.4. The fourth-order valence-corrected chi connectivity index (χ4v) is 3.34. The van der Waals surface area contributed by atoms with Gasteiger partial charge in [-0.1, -0.05) is 54.1 Å². The van der Waals surface area contributed by atoms with Crippen molar-refractivity contribution in [2.24, 2.45) is 0 Å². The topological polar surface area (TPSA) is 47.4 Å². The van der Waals surface area contributed by atoms with Crippen molar-refractivity contribution in [3.05, 3.63) is 71.4 Å². The molecule has 0 unspecified atom stereocenters. The van der Waals surface area contributed by atoms with Crippen molar-refractivity contribution in [3.63, 3.8) is 0 Å². The molecule has 2 aromatic carbocycles. The van der Waals surface area contributed by atoms with Gasteiger partial charge in [-0.05, 0) is 12.1 Å². The predicted molar refractivity (Wildman–Crippen MR) is 101 cm³/mol. The highest BCUT2D eigenvalue weighted by atomic mass is 35.5. The molecular weight excluding hydrogens is 350 g/mol. The molecule has 0 radical (unpaired) electrons. The Balaban J connectivity index is 1.85. The van der Waals surface area contributed by atoms with Crippen LogP contribution >= 0.6 is 11.6 Å². The summed E-state index contributed by atoms with van der Waals surface area (Å²) in [6.07, 6.45) is 1.63. The average Bonchev–Trinajstić information content (AvgIpc) is 3.14. The first-order valence-electron chi connectivity index (χ1n) is 8.51. The van der Waals surface area contributed by atoms with E-state index in [-0.39, 0.29) is 5.91 Å². The molecule has 4 rings (SSSR count). The van der Waals surface area contributed by atoms with Crippen LogP contribution in [0.1, 0.15) is 10.4 Å². The first kappa shape index (κ1) is 16.8. The molecule has 0 N–H and O–H groups in total. The average molecular weight is 368 g/mol. The van der Waals surface area contributed by atoms with Crippen LogP contribution in [0.5, 0.6) is 0 Å². The van der Waals surface area contributed by atoms with Gasteiger partial charge in [0.1, 0.15) is 0 Å². The number of hydrogen-bond acceptors (Lipinski definition) is 3. The molecule has 0 saturated carbocycles. The Morgan fingerprint density at radius 2 is 1.69 bits per heavy atom. The Morgan fingerprint density at radius 3 is 2.42 bits per heavy atom. The number of ether oxygens (including phenoxy) is 1. The van der Waals surface area contributed by atoms with Gasteiger partial charge < -0.3 is 9.64 Å². The van der Waals surface area contributed by atoms with Gasteiger partial charge in [-0.3, -0.25) is 4.79 Å². The third-order valence-electron chi connectivity index (χ3n) is 4.43. The Morgan fingerprint density at radius 1 is 1.00 bits per heavy atom. The summed E-state index contributed by atoms with van der Waals surface area (Å²) in [5.41, 5.74) is 2.98. The van der Waals surface area contributed by atoms with Crippen molar-refractivity contribution in [2.45, 2.75) is 0 Å². The van der Waals surface area contributed by atoms with Gasteiger partial charge in [0, 0.05) is 18.7 Å². The van der Waals surface area contributed by atoms with Gasteiger partial charge in [0.25, 0.3) is 5.91 Å². The molecule has 132 valence electrons. The van der Waals surface area contributed by atoms with Crippen molar-refractivity contribution in [1.29, 1.82) is 0 Å². The van der Waals surface area contributed by atoms with Gasteiger partial charge in [0.2, 0.25) is 0 Å². The Kier molecular flexibility index (Phi) is 4.73. The Hall–Kier alpha value is -2.63. The Labute approximate surface area is 156 Å². The summed E-state index contributed by atoms with van der Waals surface area (Å²) in [4.78, 5) is 14.9. The summed E-state index contributed by atoms with van der Waals surface area (Å²) in [5.74, 6) is -0.0366. The summed E-state index contributed by atoms with van der Waals surface area (Å²) < 4.78 is 7.10. The quantitative estimate of drug-likeness (QED) is 0.709. The van der Waals surface area contributed by atoms with E-state index >= 15 is 0 Å². The van der Waals surface area contributed by atoms with Crippen molar-refractivity contribution < 1.29 is 9.53 Å². The van der Waals surface area contributed by atoms with E-state index in [9.17, 15) is 4.79 Å². The van der Waals surface area contributed by atoms with Gasteiger partial charge in [-0.15, -0.1) is 0 Å². The third-order valence-corrected chi connectivity index (χ3v) is 4.75. The van der Waals surface area contributed by atoms with Crippen LogP contribution in [0.3, 0.4) is 0 Å². The van der Waals surface area contributed by atoms with Gasteiger partial charge in [-0.2, -0.15) is 5.10 Å². The number of carbonyl (C=O) groups is 1. The summed E-state index contributed by atoms with van der Waals surface area (Å²) in [7, 11) is 0. The molecule has 1 amide bonds. The molecule has 26 heavy (non-hydrogen) atoms. The van der Waals surface area contributed by atoms with Crippen LogP contribution in [0.25, 0.3) is 16.9 Å². The van der Waals surface area contributed by atoms with Crippen LogP contribution in [-0.2, 0) is 4.74 Å². The van der Waals surface area contributed by atoms with Crippen LogP contribution < -0.4 is 0 Å². The number of rotatable bonds is 3. The highest BCUT2D eigenvalue weighted by Gasteiger charge is 2.25. The fraction of sp³-hybridized carbons (Fsp3) is 0.200. The van der Waals surface area contributed by atoms with E-state index in [4.69, 9.17) is 16.3 Å². The lowest BCUT2D eigenvalue weighted by atomic mass is 10.1. The zero-order valence-electron chi connectivity index (χ0n) is 14.1. The molecule has 5 nitrogen and oxygen atoms in total. The minimum atomic E-state index is -0.0366. The lowest BCUT2D eigenvalue weighted by Gasteiger charge is -2.26. The molecule has 0 aliphatic carbocycles. The highest BCUT2D eigenvalue weighted by molar-refractivity contribution is 6.32. The largest absolute Gasteiger partial charge is 0.378 e. The predicted octanol–water partition coefficient (Wildman–Crippen LogP) is 3.67. The van der Waals surface area contributed by atoms with Crippen LogP contribution in [-0.4, -0.2) is 46.9 Å². The molecule has 1 saturated heterocycles. The van der Waals surface area contributed by atoms with E-state index < -0.39 is 0 Å². The number of aromatic nitrogens is 2. The van der Waals surface area contributed by atoms with E-state index in [0.29, 0.717) is 36.9 Å². The summed E-state index contributed by atoms with van der Waals surface area (Å²) in [5, 5.41) is 5.07. The second kappa shape index (κ2) is 7.32. The molecule has 6 heteroatoms. The zero-order valence-corrected chi connectivity index (χ0v) is 14.9. The molecule has 3 aromatic rings. The van der Waals surface area contributed by atoms with E-state index in [1.807, 2.05) is 59.5 Å². The van der Waals surface area contributed by atoms with E-state index in [0.717, 1.165) is 16.9 Å². The number of nitrogens with zero attached hydrogens (tertiary/aromatic N) is 3. The van der Waals surface area contributed by atoms with Crippen molar-refractivity contribution in [2.75, 3.05) is 26.3 Å². The fourth-order valence-electron chi connectivity index (χ4n) is 3.12. The van der Waals surface area contributed by atoms with E-state index in [2.05, 4.69) is 5.10 Å². The van der Waals surface area contributed by atoms with E-state index in [1.165, 1.54) is 0 Å². The maximum atomic E-state index is 13.1. The first-order valence-corrected chi connectivity index (χ1v) is 8.89. The van der Waals surface area contributed by atoms with Gasteiger partial charge in [0.15, 0.2) is 0 Å². The zero-order chi connectivity index (χ0) is 17.9. The molecule has 1 aliphatic heterocycles. The number of amides is 1. The number of morpholine rings is 1. The first-order chi connectivity index (χ1) is 12.8. The number of carbonyl (C=O) groups excluding carboxylic acids is 1. The van der Waals surface area contributed by atoms with Crippen molar-refractivity contribution in [1.82, 2.24) is 14.7 Å². The van der Waals surface area contributed by atoms with Crippen LogP contribution in [0, 0.1) is 0 Å². The molecule has 1 fully saturated rings. The number of para-hydroxylation sites is 1. The minimum absolute atomic E-state index is 0.0366. The molecule has 0 atom stereocenters. The standard InChI is InChI=1S/C20H18ClN3O2/c21-17-8-4-5-9-18(17)24-19(15-6-2-1-3-7-15)16(14-22-24)20(25)23-10-12-26-13-11-23/h1-9,14H,10-13H2. The molecule has 1 aliphatic rings. The minimum Gasteiger partial charge on any atom is -0.378 e. The Bertz CT molecular complexity index is 918. The van der Waals surface area contributed by atoms with Gasteiger partial charge >= 0.3 is 0 Å². The molecule has 1 aromatic heterocycles. The van der Waals surface area contributed by atoms with Crippen molar-refractivity contribution >= 4 is 17.5 Å². The second-order valence-corrected chi connectivity index (χ2v) is 6.45. The molecular formula is C20H18ClN3O2. The van der Waals surface area contributed by atoms with Crippen LogP contribution in [0.4, 0.5) is 0 Å². The highest BCUT2D eigenvalue weighted by Crippen LogP contribution is 2.30. The smallest absolute Gasteiger partial charge is 0.257 e. The third kappa shape index (κ3) is 3.11. The summed E-state index contributed by atoms with van der Waals surface area (Å²) >= 11 is 6.38. The summed E-state index contributed by atoms with van der Waals surface area (Å²) in [6.45, 7) is 2.30.